The summed E-state index contributed by atoms with van der Waals surface area (Å²) < 4.78 is 0. The van der Waals surface area contributed by atoms with Gasteiger partial charge in [-0.1, -0.05) is 0 Å². The summed E-state index contributed by atoms with van der Waals surface area (Å²) in [4.78, 5) is 22.7. The van der Waals surface area contributed by atoms with Crippen molar-refractivity contribution in [2.45, 2.75) is 25.7 Å². The average Bonchev–Trinajstić information content (AvgIpc) is 2.52. The molecule has 5 nitrogen and oxygen atoms in total. The molecule has 0 aromatic heterocycles. The number of carboxylic acid groups (broad SMARTS) is 1. The number of hydrogen-bond acceptors (Lipinski definition) is 2. The van der Waals surface area contributed by atoms with Crippen molar-refractivity contribution in [3.63, 3.8) is 0 Å². The Balaban J connectivity index is 2.16. The number of primary amides is 1. The Hall–Kier alpha value is -1.26. The molecule has 0 spiro atoms. The second kappa shape index (κ2) is 4.83. The number of likely N-dealkylation sites (tertiary alicyclic amines) is 1. The van der Waals surface area contributed by atoms with E-state index in [1.165, 1.54) is 0 Å². The van der Waals surface area contributed by atoms with Gasteiger partial charge in [-0.25, -0.2) is 4.79 Å². The Kier molecular flexibility index (Phi) is 3.73. The summed E-state index contributed by atoms with van der Waals surface area (Å²) in [5.41, 5.74) is 5.13. The molecule has 0 saturated carbocycles. The number of aliphatic carboxylic acids is 1. The van der Waals surface area contributed by atoms with Gasteiger partial charge < -0.3 is 15.7 Å². The van der Waals surface area contributed by atoms with Gasteiger partial charge in [0.15, 0.2) is 0 Å². The van der Waals surface area contributed by atoms with Crippen molar-refractivity contribution < 1.29 is 14.7 Å². The van der Waals surface area contributed by atoms with Gasteiger partial charge in [0.25, 0.3) is 0 Å². The lowest BCUT2D eigenvalue weighted by Crippen LogP contribution is -2.33. The molecular formula is C9H16N2O3. The number of urea groups is 1. The highest BCUT2D eigenvalue weighted by molar-refractivity contribution is 5.72. The Morgan fingerprint density at radius 1 is 1.50 bits per heavy atom. The Morgan fingerprint density at radius 3 is 2.71 bits per heavy atom. The molecule has 1 atom stereocenters. The van der Waals surface area contributed by atoms with Crippen LogP contribution in [0.1, 0.15) is 25.7 Å². The summed E-state index contributed by atoms with van der Waals surface area (Å²) in [7, 11) is 0. The summed E-state index contributed by atoms with van der Waals surface area (Å²) in [6, 6.07) is -0.370. The fraction of sp³-hybridized carbons (Fsp3) is 0.778. The second-order valence-corrected chi connectivity index (χ2v) is 3.72. The first-order valence-corrected chi connectivity index (χ1v) is 4.85. The third-order valence-corrected chi connectivity index (χ3v) is 2.60. The predicted molar refractivity (Wildman–Crippen MR) is 50.8 cm³/mol. The van der Waals surface area contributed by atoms with Gasteiger partial charge in [0.05, 0.1) is 0 Å². The highest BCUT2D eigenvalue weighted by atomic mass is 16.4. The first kappa shape index (κ1) is 10.8. The lowest BCUT2D eigenvalue weighted by Gasteiger charge is -2.12. The second-order valence-electron chi connectivity index (χ2n) is 3.72. The molecule has 0 radical (unpaired) electrons. The fourth-order valence-electron chi connectivity index (χ4n) is 1.81. The molecule has 0 aromatic carbocycles. The highest BCUT2D eigenvalue weighted by Gasteiger charge is 2.24. The minimum Gasteiger partial charge on any atom is -0.481 e. The molecule has 0 bridgehead atoms. The van der Waals surface area contributed by atoms with Crippen LogP contribution >= 0.6 is 0 Å². The van der Waals surface area contributed by atoms with Crippen LogP contribution in [-0.2, 0) is 4.79 Å². The zero-order chi connectivity index (χ0) is 10.6. The number of hydrogen-bond donors (Lipinski definition) is 2. The molecule has 1 fully saturated rings. The van der Waals surface area contributed by atoms with Crippen LogP contribution in [0.4, 0.5) is 4.79 Å². The van der Waals surface area contributed by atoms with Gasteiger partial charge in [0, 0.05) is 19.5 Å². The van der Waals surface area contributed by atoms with E-state index in [2.05, 4.69) is 0 Å². The summed E-state index contributed by atoms with van der Waals surface area (Å²) >= 11 is 0. The van der Waals surface area contributed by atoms with E-state index < -0.39 is 5.97 Å². The number of nitrogens with zero attached hydrogens (tertiary/aromatic N) is 1. The number of carbonyl (C=O) groups is 2. The Morgan fingerprint density at radius 2 is 2.21 bits per heavy atom. The van der Waals surface area contributed by atoms with Gasteiger partial charge in [-0.15, -0.1) is 0 Å². The molecule has 1 rings (SSSR count). The molecule has 14 heavy (non-hydrogen) atoms. The zero-order valence-electron chi connectivity index (χ0n) is 8.11. The van der Waals surface area contributed by atoms with Crippen LogP contribution in [0.25, 0.3) is 0 Å². The lowest BCUT2D eigenvalue weighted by molar-refractivity contribution is -0.137. The first-order valence-electron chi connectivity index (χ1n) is 4.85. The third-order valence-electron chi connectivity index (χ3n) is 2.60. The Labute approximate surface area is 82.9 Å². The van der Waals surface area contributed by atoms with Gasteiger partial charge in [0.2, 0.25) is 0 Å². The normalized spacial score (nSPS) is 21.1. The summed E-state index contributed by atoms with van der Waals surface area (Å²) in [6.07, 6.45) is 2.72. The average molecular weight is 200 g/mol. The molecule has 2 amide bonds. The largest absolute Gasteiger partial charge is 0.481 e. The van der Waals surface area contributed by atoms with Crippen LogP contribution in [0, 0.1) is 5.92 Å². The van der Waals surface area contributed by atoms with Gasteiger partial charge in [-0.3, -0.25) is 4.79 Å². The molecule has 1 saturated heterocycles. The van der Waals surface area contributed by atoms with E-state index in [1.807, 2.05) is 0 Å². The van der Waals surface area contributed by atoms with Crippen molar-refractivity contribution >= 4 is 12.0 Å². The van der Waals surface area contributed by atoms with Crippen LogP contribution in [0.5, 0.6) is 0 Å². The van der Waals surface area contributed by atoms with E-state index in [9.17, 15) is 9.59 Å². The molecular weight excluding hydrogens is 184 g/mol. The van der Waals surface area contributed by atoms with Crippen LogP contribution in [0.3, 0.4) is 0 Å². The van der Waals surface area contributed by atoms with Gasteiger partial charge in [-0.05, 0) is 25.2 Å². The van der Waals surface area contributed by atoms with Crippen LogP contribution in [-0.4, -0.2) is 35.1 Å². The summed E-state index contributed by atoms with van der Waals surface area (Å²) in [5, 5.41) is 8.44. The van der Waals surface area contributed by atoms with E-state index >= 15 is 0 Å². The SMILES string of the molecule is NC(=O)N1CCC(CCCC(=O)O)C1. The third kappa shape index (κ3) is 3.24. The molecule has 3 N–H and O–H groups in total. The minimum absolute atomic E-state index is 0.215. The Bertz CT molecular complexity index is 230. The van der Waals surface area contributed by atoms with Gasteiger partial charge in [-0.2, -0.15) is 0 Å². The van der Waals surface area contributed by atoms with Crippen molar-refractivity contribution in [3.05, 3.63) is 0 Å². The van der Waals surface area contributed by atoms with E-state index in [4.69, 9.17) is 10.8 Å². The highest BCUT2D eigenvalue weighted by Crippen LogP contribution is 2.21. The molecule has 0 aliphatic carbocycles. The molecule has 80 valence electrons. The quantitative estimate of drug-likeness (QED) is 0.698. The van der Waals surface area contributed by atoms with Crippen LogP contribution in [0.15, 0.2) is 0 Å². The number of rotatable bonds is 4. The van der Waals surface area contributed by atoms with E-state index in [0.717, 1.165) is 12.8 Å². The topological polar surface area (TPSA) is 83.6 Å². The number of amides is 2. The molecule has 5 heteroatoms. The predicted octanol–water partition coefficient (Wildman–Crippen LogP) is 0.642. The molecule has 1 heterocycles. The maximum atomic E-state index is 10.8. The standard InChI is InChI=1S/C9H16N2O3/c10-9(14)11-5-4-7(6-11)2-1-3-8(12)13/h7H,1-6H2,(H2,10,14)(H,12,13). The molecule has 1 aliphatic rings. The van der Waals surface area contributed by atoms with E-state index in [1.54, 1.807) is 4.90 Å². The molecule has 0 aromatic rings. The summed E-state index contributed by atoms with van der Waals surface area (Å²) in [6.45, 7) is 1.40. The number of carboxylic acids is 1. The smallest absolute Gasteiger partial charge is 0.314 e. The van der Waals surface area contributed by atoms with E-state index in [0.29, 0.717) is 25.4 Å². The maximum Gasteiger partial charge on any atom is 0.314 e. The van der Waals surface area contributed by atoms with Gasteiger partial charge >= 0.3 is 12.0 Å². The summed E-state index contributed by atoms with van der Waals surface area (Å²) in [5.74, 6) is -0.323. The fourth-order valence-corrected chi connectivity index (χ4v) is 1.81. The van der Waals surface area contributed by atoms with Crippen molar-refractivity contribution in [1.82, 2.24) is 4.90 Å². The maximum absolute atomic E-state index is 10.8. The molecule has 1 unspecified atom stereocenters. The van der Waals surface area contributed by atoms with Crippen molar-refractivity contribution in [2.24, 2.45) is 11.7 Å². The van der Waals surface area contributed by atoms with Crippen LogP contribution < -0.4 is 5.73 Å². The van der Waals surface area contributed by atoms with E-state index in [-0.39, 0.29) is 12.5 Å². The van der Waals surface area contributed by atoms with Crippen LogP contribution in [0.2, 0.25) is 0 Å². The van der Waals surface area contributed by atoms with Gasteiger partial charge in [0.1, 0.15) is 0 Å². The van der Waals surface area contributed by atoms with Crippen molar-refractivity contribution in [2.75, 3.05) is 13.1 Å². The first-order chi connectivity index (χ1) is 6.59. The minimum atomic E-state index is -0.755. The zero-order valence-corrected chi connectivity index (χ0v) is 8.11. The monoisotopic (exact) mass is 200 g/mol. The van der Waals surface area contributed by atoms with Crippen molar-refractivity contribution in [1.29, 1.82) is 0 Å². The van der Waals surface area contributed by atoms with Crippen molar-refractivity contribution in [3.8, 4) is 0 Å². The number of carbonyl (C=O) groups excluding carboxylic acids is 1. The number of nitrogens with two attached hydrogens (primary N) is 1. The lowest BCUT2D eigenvalue weighted by atomic mass is 10.0. The molecule has 1 aliphatic heterocycles.